The van der Waals surface area contributed by atoms with Crippen LogP contribution in [0.15, 0.2) is 5.10 Å². The van der Waals surface area contributed by atoms with Gasteiger partial charge in [-0.3, -0.25) is 5.43 Å². The molecular weight excluding hydrogens is 105 g/mol. The summed E-state index contributed by atoms with van der Waals surface area (Å²) in [5, 5.41) is 2.97. The zero-order valence-electron chi connectivity index (χ0n) is 5.18. The van der Waals surface area contributed by atoms with E-state index in [1.165, 1.54) is 0 Å². The van der Waals surface area contributed by atoms with Crippen LogP contribution in [-0.4, -0.2) is 5.96 Å². The third-order valence-electron chi connectivity index (χ3n) is 0.287. The number of hydrazone groups is 1. The molecule has 0 bridgehead atoms. The Labute approximate surface area is 65.0 Å². The minimum Gasteiger partial charge on any atom is -1.00 e. The maximum Gasteiger partial charge on any atom is 1.00 e. The maximum absolute atomic E-state index is 4.86. The van der Waals surface area contributed by atoms with Crippen molar-refractivity contribution in [2.24, 2.45) is 22.5 Å². The van der Waals surface area contributed by atoms with Crippen LogP contribution in [0.2, 0.25) is 0 Å². The van der Waals surface area contributed by atoms with E-state index < -0.39 is 0 Å². The van der Waals surface area contributed by atoms with E-state index in [0.29, 0.717) is 0 Å². The fourth-order valence-corrected chi connectivity index (χ4v) is 0.0373. The molecule has 38 valence electrons. The fourth-order valence-electron chi connectivity index (χ4n) is 0.0373. The second-order valence-corrected chi connectivity index (χ2v) is 0.659. The summed E-state index contributed by atoms with van der Waals surface area (Å²) in [6.45, 7) is 0. The van der Waals surface area contributed by atoms with Crippen LogP contribution in [0.4, 0.5) is 0 Å². The van der Waals surface area contributed by atoms with E-state index >= 15 is 0 Å². The SMILES string of the molecule is NN=C(N)NN.[H-].[Na+]. The van der Waals surface area contributed by atoms with E-state index in [2.05, 4.69) is 10.9 Å². The summed E-state index contributed by atoms with van der Waals surface area (Å²) in [5.74, 6) is 9.32. The van der Waals surface area contributed by atoms with Crippen molar-refractivity contribution in [1.29, 1.82) is 0 Å². The molecule has 0 saturated heterocycles. The van der Waals surface area contributed by atoms with E-state index in [9.17, 15) is 0 Å². The summed E-state index contributed by atoms with van der Waals surface area (Å²) < 4.78 is 0. The van der Waals surface area contributed by atoms with Gasteiger partial charge in [-0.15, -0.1) is 5.10 Å². The Kier molecular flexibility index (Phi) is 8.70. The summed E-state index contributed by atoms with van der Waals surface area (Å²) in [6, 6.07) is 0. The molecule has 0 rings (SSSR count). The van der Waals surface area contributed by atoms with Gasteiger partial charge in [-0.1, -0.05) is 0 Å². The molecule has 0 atom stereocenters. The Morgan fingerprint density at radius 3 is 2.14 bits per heavy atom. The molecule has 0 aliphatic rings. The van der Waals surface area contributed by atoms with Crippen molar-refractivity contribution in [3.05, 3.63) is 0 Å². The van der Waals surface area contributed by atoms with Crippen LogP contribution in [0.3, 0.4) is 0 Å². The van der Waals surface area contributed by atoms with E-state index in [4.69, 9.17) is 11.6 Å². The molecule has 0 unspecified atom stereocenters. The van der Waals surface area contributed by atoms with Gasteiger partial charge in [0.1, 0.15) is 0 Å². The van der Waals surface area contributed by atoms with Gasteiger partial charge >= 0.3 is 29.6 Å². The first-order chi connectivity index (χ1) is 2.81. The van der Waals surface area contributed by atoms with E-state index in [1.807, 2.05) is 5.43 Å². The van der Waals surface area contributed by atoms with Gasteiger partial charge in [0.05, 0.1) is 0 Å². The van der Waals surface area contributed by atoms with Crippen LogP contribution < -0.4 is 52.4 Å². The van der Waals surface area contributed by atoms with Gasteiger partial charge < -0.3 is 13.0 Å². The van der Waals surface area contributed by atoms with Crippen molar-refractivity contribution in [2.45, 2.75) is 0 Å². The minimum absolute atomic E-state index is 0. The topological polar surface area (TPSA) is 102 Å². The van der Waals surface area contributed by atoms with E-state index in [0.717, 1.165) is 0 Å². The third kappa shape index (κ3) is 6.03. The number of nitrogens with zero attached hydrogens (tertiary/aromatic N) is 1. The minimum atomic E-state index is 0. The third-order valence-corrected chi connectivity index (χ3v) is 0.287. The summed E-state index contributed by atoms with van der Waals surface area (Å²) >= 11 is 0. The Balaban J connectivity index is -0.000000125. The molecule has 0 aliphatic heterocycles. The fraction of sp³-hybridized carbons (Fsp3) is 0. The molecule has 5 nitrogen and oxygen atoms in total. The first-order valence-electron chi connectivity index (χ1n) is 1.31. The molecule has 0 fully saturated rings. The standard InChI is InChI=1S/CH7N5.Na.H/c2-1(5-3)6-4;;/h3-4H2,(H3,2,5,6);;/q;+1;-1. The number of hydrogen-bond acceptors (Lipinski definition) is 3. The molecule has 0 radical (unpaired) electrons. The molecule has 6 heteroatoms. The van der Waals surface area contributed by atoms with E-state index in [-0.39, 0.29) is 36.9 Å². The summed E-state index contributed by atoms with van der Waals surface area (Å²) in [4.78, 5) is 0. The summed E-state index contributed by atoms with van der Waals surface area (Å²) in [7, 11) is 0. The van der Waals surface area contributed by atoms with Gasteiger partial charge in [-0.2, -0.15) is 0 Å². The van der Waals surface area contributed by atoms with Crippen molar-refractivity contribution in [3.8, 4) is 0 Å². The second-order valence-electron chi connectivity index (χ2n) is 0.659. The van der Waals surface area contributed by atoms with Gasteiger partial charge in [0, 0.05) is 0 Å². The first kappa shape index (κ1) is 10.1. The van der Waals surface area contributed by atoms with Gasteiger partial charge in [0.25, 0.3) is 0 Å². The number of hydrogen-bond donors (Lipinski definition) is 4. The Bertz CT molecular complexity index is 63.4. The average molecular weight is 113 g/mol. The van der Waals surface area contributed by atoms with Crippen LogP contribution >= 0.6 is 0 Å². The van der Waals surface area contributed by atoms with Crippen LogP contribution in [0.25, 0.3) is 0 Å². The smallest absolute Gasteiger partial charge is 1.00 e. The average Bonchev–Trinajstić information content (AvgIpc) is 1.65. The zero-order valence-corrected chi connectivity index (χ0v) is 6.18. The van der Waals surface area contributed by atoms with Crippen LogP contribution in [0, 0.1) is 0 Å². The molecule has 7 N–H and O–H groups in total. The molecule has 0 amide bonds. The summed E-state index contributed by atoms with van der Waals surface area (Å²) in [6.07, 6.45) is 0. The molecule has 0 aromatic rings. The van der Waals surface area contributed by atoms with Crippen LogP contribution in [0.5, 0.6) is 0 Å². The summed E-state index contributed by atoms with van der Waals surface area (Å²) in [5.41, 5.74) is 6.88. The van der Waals surface area contributed by atoms with Crippen molar-refractivity contribution in [1.82, 2.24) is 5.43 Å². The number of hydrazine groups is 1. The van der Waals surface area contributed by atoms with Crippen LogP contribution in [-0.2, 0) is 0 Å². The van der Waals surface area contributed by atoms with Crippen molar-refractivity contribution >= 4 is 5.96 Å². The van der Waals surface area contributed by atoms with Gasteiger partial charge in [0.15, 0.2) is 0 Å². The molecule has 0 spiro atoms. The Hall–Kier alpha value is 0.0300. The number of guanidine groups is 1. The van der Waals surface area contributed by atoms with Gasteiger partial charge in [-0.25, -0.2) is 5.84 Å². The largest absolute Gasteiger partial charge is 1.00 e. The van der Waals surface area contributed by atoms with Crippen molar-refractivity contribution < 1.29 is 31.0 Å². The molecule has 0 aromatic heterocycles. The molecule has 0 aromatic carbocycles. The monoisotopic (exact) mass is 113 g/mol. The predicted molar refractivity (Wildman–Crippen MR) is 24.2 cm³/mol. The van der Waals surface area contributed by atoms with E-state index in [1.54, 1.807) is 0 Å². The molecule has 7 heavy (non-hydrogen) atoms. The molecule has 0 aliphatic carbocycles. The van der Waals surface area contributed by atoms with Crippen molar-refractivity contribution in [2.75, 3.05) is 0 Å². The first-order valence-corrected chi connectivity index (χ1v) is 1.31. The van der Waals surface area contributed by atoms with Crippen molar-refractivity contribution in [3.63, 3.8) is 0 Å². The number of rotatable bonds is 0. The normalized spacial score (nSPS) is 9.57. The maximum atomic E-state index is 4.86. The predicted octanol–water partition coefficient (Wildman–Crippen LogP) is -5.25. The zero-order chi connectivity index (χ0) is 4.99. The quantitative estimate of drug-likeness (QED) is 0.0828. The van der Waals surface area contributed by atoms with Crippen LogP contribution in [0.1, 0.15) is 1.43 Å². The molecule has 0 saturated carbocycles. The van der Waals surface area contributed by atoms with Gasteiger partial charge in [0.2, 0.25) is 5.96 Å². The molecule has 0 heterocycles. The second kappa shape index (κ2) is 6.03. The number of nitrogens with two attached hydrogens (primary N) is 3. The van der Waals surface area contributed by atoms with Gasteiger partial charge in [-0.05, 0) is 0 Å². The number of nitrogens with one attached hydrogen (secondary N) is 1. The molecular formula is CH8N5Na. The Morgan fingerprint density at radius 2 is 2.14 bits per heavy atom. The Morgan fingerprint density at radius 1 is 1.71 bits per heavy atom.